The fraction of sp³-hybridized carbons (Fsp3) is 0.526. The van der Waals surface area contributed by atoms with Gasteiger partial charge in [-0.1, -0.05) is 6.07 Å². The van der Waals surface area contributed by atoms with Crippen molar-refractivity contribution in [2.24, 2.45) is 5.73 Å². The van der Waals surface area contributed by atoms with Crippen LogP contribution < -0.4 is 10.5 Å². The maximum absolute atomic E-state index is 14.6. The Labute approximate surface area is 150 Å². The minimum atomic E-state index is -1.07. The first-order chi connectivity index (χ1) is 12.5. The third kappa shape index (κ3) is 3.45. The summed E-state index contributed by atoms with van der Waals surface area (Å²) >= 11 is 0. The van der Waals surface area contributed by atoms with E-state index in [0.717, 1.165) is 12.8 Å². The van der Waals surface area contributed by atoms with Gasteiger partial charge in [0.15, 0.2) is 11.6 Å². The Morgan fingerprint density at radius 2 is 1.92 bits per heavy atom. The molecule has 26 heavy (non-hydrogen) atoms. The Kier molecular flexibility index (Phi) is 5.55. The zero-order chi connectivity index (χ0) is 18.8. The zero-order valence-corrected chi connectivity index (χ0v) is 14.7. The highest BCUT2D eigenvalue weighted by atomic mass is 19.2. The first kappa shape index (κ1) is 18.8. The summed E-state index contributed by atoms with van der Waals surface area (Å²) in [4.78, 5) is 13.7. The van der Waals surface area contributed by atoms with E-state index in [-0.39, 0.29) is 48.4 Å². The van der Waals surface area contributed by atoms with E-state index in [2.05, 4.69) is 0 Å². The van der Waals surface area contributed by atoms with Crippen molar-refractivity contribution in [3.05, 3.63) is 41.2 Å². The van der Waals surface area contributed by atoms with Crippen molar-refractivity contribution in [3.8, 4) is 5.75 Å². The van der Waals surface area contributed by atoms with Gasteiger partial charge in [-0.15, -0.1) is 0 Å². The third-order valence-electron chi connectivity index (χ3n) is 5.44. The Hall–Kier alpha value is -2.02. The monoisotopic (exact) mass is 368 g/mol. The molecule has 4 nitrogen and oxygen atoms in total. The minimum absolute atomic E-state index is 0.0444. The average molecular weight is 368 g/mol. The van der Waals surface area contributed by atoms with Gasteiger partial charge < -0.3 is 15.4 Å². The van der Waals surface area contributed by atoms with Gasteiger partial charge in [0.2, 0.25) is 11.7 Å². The number of fused-ring (bicyclic) bond motifs is 2. The molecule has 142 valence electrons. The molecule has 3 rings (SSSR count). The normalized spacial score (nSPS) is 25.5. The molecule has 2 aliphatic heterocycles. The average Bonchev–Trinajstić information content (AvgIpc) is 2.90. The molecule has 2 heterocycles. The summed E-state index contributed by atoms with van der Waals surface area (Å²) in [6.45, 7) is 1.26. The number of halogens is 3. The van der Waals surface area contributed by atoms with Gasteiger partial charge in [-0.2, -0.15) is 4.39 Å². The molecular formula is C19H23F3N2O2. The molecule has 0 aliphatic carbocycles. The zero-order valence-electron chi connectivity index (χ0n) is 14.7. The summed E-state index contributed by atoms with van der Waals surface area (Å²) in [7, 11) is 0. The number of rotatable bonds is 5. The molecule has 1 aromatic rings. The standard InChI is InChI=1S/C19H23F3N2O2/c1-11(25)24-14-2-3-15(24)7-13(6-14)16-4-5-17(19(22)18(16)21)26-10-12(8-20)9-23/h4-5,8,13-15H,2-3,6-7,9-10,23H2,1H3/b12-8+. The van der Waals surface area contributed by atoms with E-state index in [4.69, 9.17) is 10.5 Å². The van der Waals surface area contributed by atoms with Crippen molar-refractivity contribution in [2.75, 3.05) is 13.2 Å². The van der Waals surface area contributed by atoms with Gasteiger partial charge in [0.05, 0.1) is 6.33 Å². The van der Waals surface area contributed by atoms with Gasteiger partial charge >= 0.3 is 0 Å². The molecule has 7 heteroatoms. The van der Waals surface area contributed by atoms with E-state index in [1.807, 2.05) is 4.90 Å². The number of hydrogen-bond donors (Lipinski definition) is 1. The Bertz CT molecular complexity index is 709. The lowest BCUT2D eigenvalue weighted by Gasteiger charge is -2.38. The van der Waals surface area contributed by atoms with Crippen molar-refractivity contribution in [1.29, 1.82) is 0 Å². The number of carbonyl (C=O) groups is 1. The van der Waals surface area contributed by atoms with Crippen LogP contribution in [0.25, 0.3) is 0 Å². The molecule has 2 N–H and O–H groups in total. The van der Waals surface area contributed by atoms with Crippen LogP contribution in [0, 0.1) is 11.6 Å². The predicted molar refractivity (Wildman–Crippen MR) is 91.4 cm³/mol. The highest BCUT2D eigenvalue weighted by molar-refractivity contribution is 5.74. The van der Waals surface area contributed by atoms with Crippen LogP contribution in [-0.2, 0) is 4.79 Å². The molecular weight excluding hydrogens is 345 g/mol. The molecule has 2 aliphatic rings. The third-order valence-corrected chi connectivity index (χ3v) is 5.44. The molecule has 2 atom stereocenters. The highest BCUT2D eigenvalue weighted by Crippen LogP contribution is 2.44. The van der Waals surface area contributed by atoms with Crippen LogP contribution in [0.2, 0.25) is 0 Å². The lowest BCUT2D eigenvalue weighted by molar-refractivity contribution is -0.133. The van der Waals surface area contributed by atoms with Crippen LogP contribution in [0.15, 0.2) is 24.0 Å². The second-order valence-electron chi connectivity index (χ2n) is 7.02. The first-order valence-electron chi connectivity index (χ1n) is 8.84. The Morgan fingerprint density at radius 3 is 2.46 bits per heavy atom. The fourth-order valence-corrected chi connectivity index (χ4v) is 4.22. The summed E-state index contributed by atoms with van der Waals surface area (Å²) in [5, 5.41) is 0. The predicted octanol–water partition coefficient (Wildman–Crippen LogP) is 3.41. The summed E-state index contributed by atoms with van der Waals surface area (Å²) in [6.07, 6.45) is 3.39. The van der Waals surface area contributed by atoms with E-state index in [9.17, 15) is 18.0 Å². The van der Waals surface area contributed by atoms with Crippen molar-refractivity contribution in [3.63, 3.8) is 0 Å². The van der Waals surface area contributed by atoms with Crippen LogP contribution >= 0.6 is 0 Å². The quantitative estimate of drug-likeness (QED) is 0.867. The van der Waals surface area contributed by atoms with E-state index in [1.54, 1.807) is 6.92 Å². The largest absolute Gasteiger partial charge is 0.486 e. The second-order valence-corrected chi connectivity index (χ2v) is 7.02. The van der Waals surface area contributed by atoms with Gasteiger partial charge in [0.1, 0.15) is 6.61 Å². The second kappa shape index (κ2) is 7.70. The molecule has 1 amide bonds. The van der Waals surface area contributed by atoms with Crippen LogP contribution in [0.3, 0.4) is 0 Å². The number of amides is 1. The number of nitrogens with two attached hydrogens (primary N) is 1. The maximum Gasteiger partial charge on any atom is 0.219 e. The van der Waals surface area contributed by atoms with Gasteiger partial charge in [-0.05, 0) is 43.2 Å². The van der Waals surface area contributed by atoms with E-state index in [0.29, 0.717) is 24.7 Å². The number of ether oxygens (including phenoxy) is 1. The minimum Gasteiger partial charge on any atom is -0.486 e. The van der Waals surface area contributed by atoms with Crippen LogP contribution in [0.1, 0.15) is 44.1 Å². The Morgan fingerprint density at radius 1 is 1.27 bits per heavy atom. The summed E-state index contributed by atoms with van der Waals surface area (Å²) in [6, 6.07) is 3.09. The van der Waals surface area contributed by atoms with Crippen LogP contribution in [0.5, 0.6) is 5.75 Å². The number of carbonyl (C=O) groups excluding carboxylic acids is 1. The van der Waals surface area contributed by atoms with E-state index < -0.39 is 11.6 Å². The van der Waals surface area contributed by atoms with Crippen molar-refractivity contribution in [2.45, 2.75) is 50.6 Å². The van der Waals surface area contributed by atoms with Crippen LogP contribution in [0.4, 0.5) is 13.2 Å². The molecule has 2 fully saturated rings. The summed E-state index contributed by atoms with van der Waals surface area (Å²) < 4.78 is 46.6. The molecule has 2 saturated heterocycles. The fourth-order valence-electron chi connectivity index (χ4n) is 4.22. The van der Waals surface area contributed by atoms with E-state index >= 15 is 0 Å². The maximum atomic E-state index is 14.6. The molecule has 1 aromatic carbocycles. The number of piperidine rings is 1. The topological polar surface area (TPSA) is 55.6 Å². The lowest BCUT2D eigenvalue weighted by atomic mass is 9.84. The molecule has 0 saturated carbocycles. The van der Waals surface area contributed by atoms with Crippen molar-refractivity contribution < 1.29 is 22.7 Å². The SMILES string of the molecule is CC(=O)N1C2CCC1CC(c1ccc(OC/C(=C/F)CN)c(F)c1F)C2. The molecule has 2 bridgehead atoms. The van der Waals surface area contributed by atoms with Crippen molar-refractivity contribution >= 4 is 5.91 Å². The summed E-state index contributed by atoms with van der Waals surface area (Å²) in [5.41, 5.74) is 5.79. The summed E-state index contributed by atoms with van der Waals surface area (Å²) in [5.74, 6) is -2.34. The molecule has 0 spiro atoms. The molecule has 2 unspecified atom stereocenters. The van der Waals surface area contributed by atoms with Gasteiger partial charge in [0.25, 0.3) is 0 Å². The first-order valence-corrected chi connectivity index (χ1v) is 8.84. The molecule has 0 radical (unpaired) electrons. The highest BCUT2D eigenvalue weighted by Gasteiger charge is 2.43. The number of benzene rings is 1. The molecule has 0 aromatic heterocycles. The lowest BCUT2D eigenvalue weighted by Crippen LogP contribution is -2.45. The number of nitrogens with zero attached hydrogens (tertiary/aromatic N) is 1. The van der Waals surface area contributed by atoms with Crippen LogP contribution in [-0.4, -0.2) is 36.0 Å². The van der Waals surface area contributed by atoms with Crippen molar-refractivity contribution in [1.82, 2.24) is 4.90 Å². The van der Waals surface area contributed by atoms with Gasteiger partial charge in [0, 0.05) is 31.1 Å². The smallest absolute Gasteiger partial charge is 0.219 e. The number of hydrogen-bond acceptors (Lipinski definition) is 3. The van der Waals surface area contributed by atoms with E-state index in [1.165, 1.54) is 12.1 Å². The van der Waals surface area contributed by atoms with Gasteiger partial charge in [-0.3, -0.25) is 4.79 Å². The Balaban J connectivity index is 1.76. The van der Waals surface area contributed by atoms with Gasteiger partial charge in [-0.25, -0.2) is 8.78 Å².